The van der Waals surface area contributed by atoms with E-state index in [0.29, 0.717) is 0 Å². The summed E-state index contributed by atoms with van der Waals surface area (Å²) >= 11 is 0. The first-order valence-electron chi connectivity index (χ1n) is 10.5. The standard InChI is InChI=1S/C26H26N2O2/c1-17(2)29-21-14-12-20(13-15-21)26-28-24(22-6-4-5-7-25(22)30-26)16-23(27-28)19-10-8-18(3)9-11-19/h4-15,17,24,26H,16H2,1-3H3/t24-,26-/m0/s1. The lowest BCUT2D eigenvalue weighted by molar-refractivity contribution is -0.0190. The van der Waals surface area contributed by atoms with Crippen LogP contribution in [0.2, 0.25) is 0 Å². The molecule has 2 atom stereocenters. The van der Waals surface area contributed by atoms with Crippen LogP contribution in [-0.4, -0.2) is 16.8 Å². The lowest BCUT2D eigenvalue weighted by Gasteiger charge is -2.38. The van der Waals surface area contributed by atoms with Gasteiger partial charge in [-0.3, -0.25) is 0 Å². The van der Waals surface area contributed by atoms with Crippen molar-refractivity contribution in [1.29, 1.82) is 0 Å². The zero-order valence-electron chi connectivity index (χ0n) is 17.6. The summed E-state index contributed by atoms with van der Waals surface area (Å²) in [6.45, 7) is 6.17. The number of benzene rings is 3. The fraction of sp³-hybridized carbons (Fsp3) is 0.269. The van der Waals surface area contributed by atoms with Crippen LogP contribution >= 0.6 is 0 Å². The molecule has 30 heavy (non-hydrogen) atoms. The molecule has 0 spiro atoms. The number of para-hydroxylation sites is 1. The van der Waals surface area contributed by atoms with E-state index in [1.807, 2.05) is 32.0 Å². The predicted octanol–water partition coefficient (Wildman–Crippen LogP) is 6.02. The van der Waals surface area contributed by atoms with Crippen molar-refractivity contribution in [2.45, 2.75) is 45.6 Å². The van der Waals surface area contributed by atoms with Crippen molar-refractivity contribution < 1.29 is 9.47 Å². The second kappa shape index (κ2) is 7.52. The molecule has 0 unspecified atom stereocenters. The molecule has 4 nitrogen and oxygen atoms in total. The van der Waals surface area contributed by atoms with Gasteiger partial charge in [0.05, 0.1) is 17.9 Å². The second-order valence-corrected chi connectivity index (χ2v) is 8.26. The van der Waals surface area contributed by atoms with Crippen molar-refractivity contribution in [2.75, 3.05) is 0 Å². The molecule has 0 fully saturated rings. The van der Waals surface area contributed by atoms with E-state index in [1.165, 1.54) is 16.7 Å². The molecule has 0 radical (unpaired) electrons. The molecule has 2 aliphatic rings. The van der Waals surface area contributed by atoms with E-state index in [4.69, 9.17) is 14.6 Å². The molecule has 0 saturated carbocycles. The van der Waals surface area contributed by atoms with Crippen LogP contribution in [0.15, 0.2) is 77.9 Å². The summed E-state index contributed by atoms with van der Waals surface area (Å²) in [5, 5.41) is 7.15. The van der Waals surface area contributed by atoms with Crippen LogP contribution in [0.1, 0.15) is 54.8 Å². The van der Waals surface area contributed by atoms with Crippen molar-refractivity contribution in [3.8, 4) is 11.5 Å². The van der Waals surface area contributed by atoms with Gasteiger partial charge in [-0.05, 0) is 56.7 Å². The van der Waals surface area contributed by atoms with Gasteiger partial charge < -0.3 is 9.47 Å². The highest BCUT2D eigenvalue weighted by molar-refractivity contribution is 6.02. The monoisotopic (exact) mass is 398 g/mol. The third-order valence-corrected chi connectivity index (χ3v) is 5.62. The van der Waals surface area contributed by atoms with Gasteiger partial charge in [0.15, 0.2) is 0 Å². The average molecular weight is 399 g/mol. The van der Waals surface area contributed by atoms with Crippen LogP contribution in [0.4, 0.5) is 0 Å². The number of ether oxygens (including phenoxy) is 2. The quantitative estimate of drug-likeness (QED) is 0.538. The number of hydrogen-bond acceptors (Lipinski definition) is 4. The van der Waals surface area contributed by atoms with Gasteiger partial charge in [-0.1, -0.05) is 48.0 Å². The minimum absolute atomic E-state index is 0.151. The predicted molar refractivity (Wildman–Crippen MR) is 119 cm³/mol. The zero-order chi connectivity index (χ0) is 20.7. The van der Waals surface area contributed by atoms with E-state index >= 15 is 0 Å². The summed E-state index contributed by atoms with van der Waals surface area (Å²) < 4.78 is 12.2. The largest absolute Gasteiger partial charge is 0.491 e. The van der Waals surface area contributed by atoms with E-state index in [0.717, 1.165) is 29.2 Å². The van der Waals surface area contributed by atoms with E-state index in [-0.39, 0.29) is 18.4 Å². The highest BCUT2D eigenvalue weighted by Crippen LogP contribution is 2.47. The molecule has 0 aromatic heterocycles. The van der Waals surface area contributed by atoms with Gasteiger partial charge in [0.1, 0.15) is 11.5 Å². The first-order chi connectivity index (χ1) is 14.6. The maximum Gasteiger partial charge on any atom is 0.213 e. The Kier molecular flexibility index (Phi) is 4.70. The molecule has 152 valence electrons. The number of hydrazone groups is 1. The molecule has 0 N–H and O–H groups in total. The summed E-state index contributed by atoms with van der Waals surface area (Å²) in [4.78, 5) is 0. The van der Waals surface area contributed by atoms with Crippen LogP contribution in [0.3, 0.4) is 0 Å². The Morgan fingerprint density at radius 2 is 1.70 bits per heavy atom. The van der Waals surface area contributed by atoms with Crippen LogP contribution in [0, 0.1) is 6.92 Å². The van der Waals surface area contributed by atoms with E-state index in [1.54, 1.807) is 0 Å². The molecule has 3 aromatic carbocycles. The number of rotatable bonds is 4. The molecule has 3 aromatic rings. The van der Waals surface area contributed by atoms with Gasteiger partial charge in [-0.15, -0.1) is 0 Å². The van der Waals surface area contributed by atoms with Gasteiger partial charge in [-0.2, -0.15) is 5.10 Å². The molecule has 2 heterocycles. The molecule has 0 amide bonds. The van der Waals surface area contributed by atoms with Gasteiger partial charge in [0.2, 0.25) is 6.23 Å². The lowest BCUT2D eigenvalue weighted by atomic mass is 9.95. The normalized spacial score (nSPS) is 19.7. The second-order valence-electron chi connectivity index (χ2n) is 8.26. The van der Waals surface area contributed by atoms with E-state index < -0.39 is 0 Å². The minimum Gasteiger partial charge on any atom is -0.491 e. The van der Waals surface area contributed by atoms with Crippen molar-refractivity contribution in [3.63, 3.8) is 0 Å². The Balaban J connectivity index is 1.51. The Bertz CT molecular complexity index is 1070. The maximum atomic E-state index is 6.43. The number of fused-ring (bicyclic) bond motifs is 3. The molecular weight excluding hydrogens is 372 g/mol. The van der Waals surface area contributed by atoms with Gasteiger partial charge in [-0.25, -0.2) is 5.01 Å². The van der Waals surface area contributed by atoms with Crippen molar-refractivity contribution in [2.24, 2.45) is 5.10 Å². The third-order valence-electron chi connectivity index (χ3n) is 5.62. The Morgan fingerprint density at radius 3 is 2.43 bits per heavy atom. The van der Waals surface area contributed by atoms with E-state index in [2.05, 4.69) is 66.5 Å². The van der Waals surface area contributed by atoms with E-state index in [9.17, 15) is 0 Å². The SMILES string of the molecule is Cc1ccc(C2=NN3[C@@H](C2)c2ccccc2O[C@H]3c2ccc(OC(C)C)cc2)cc1. The minimum atomic E-state index is -0.263. The number of aryl methyl sites for hydroxylation is 1. The highest BCUT2D eigenvalue weighted by Gasteiger charge is 2.40. The summed E-state index contributed by atoms with van der Waals surface area (Å²) in [5.41, 5.74) is 5.79. The fourth-order valence-electron chi connectivity index (χ4n) is 4.16. The topological polar surface area (TPSA) is 34.1 Å². The number of nitrogens with zero attached hydrogens (tertiary/aromatic N) is 2. The summed E-state index contributed by atoms with van der Waals surface area (Å²) in [5.74, 6) is 1.80. The summed E-state index contributed by atoms with van der Waals surface area (Å²) in [6, 6.07) is 25.3. The smallest absolute Gasteiger partial charge is 0.213 e. The molecule has 2 aliphatic heterocycles. The van der Waals surface area contributed by atoms with Crippen LogP contribution in [-0.2, 0) is 0 Å². The van der Waals surface area contributed by atoms with Crippen molar-refractivity contribution >= 4 is 5.71 Å². The molecule has 0 saturated heterocycles. The molecule has 0 bridgehead atoms. The van der Waals surface area contributed by atoms with Crippen molar-refractivity contribution in [3.05, 3.63) is 95.1 Å². The average Bonchev–Trinajstić information content (AvgIpc) is 3.20. The van der Waals surface area contributed by atoms with Gasteiger partial charge in [0, 0.05) is 17.5 Å². The first-order valence-corrected chi connectivity index (χ1v) is 10.5. The van der Waals surface area contributed by atoms with Gasteiger partial charge in [0.25, 0.3) is 0 Å². The zero-order valence-corrected chi connectivity index (χ0v) is 17.6. The van der Waals surface area contributed by atoms with Crippen LogP contribution in [0.5, 0.6) is 11.5 Å². The van der Waals surface area contributed by atoms with Gasteiger partial charge >= 0.3 is 0 Å². The Morgan fingerprint density at radius 1 is 0.967 bits per heavy atom. The summed E-state index contributed by atoms with van der Waals surface area (Å²) in [7, 11) is 0. The molecular formula is C26H26N2O2. The highest BCUT2D eigenvalue weighted by atomic mass is 16.5. The van der Waals surface area contributed by atoms with Crippen LogP contribution < -0.4 is 9.47 Å². The van der Waals surface area contributed by atoms with Crippen molar-refractivity contribution in [1.82, 2.24) is 5.01 Å². The first kappa shape index (κ1) is 18.7. The Hall–Kier alpha value is -3.27. The Labute approximate surface area is 177 Å². The third kappa shape index (κ3) is 3.43. The molecule has 5 rings (SSSR count). The molecule has 0 aliphatic carbocycles. The van der Waals surface area contributed by atoms with Crippen LogP contribution in [0.25, 0.3) is 0 Å². The lowest BCUT2D eigenvalue weighted by Crippen LogP contribution is -2.33. The fourth-order valence-corrected chi connectivity index (χ4v) is 4.16. The maximum absolute atomic E-state index is 6.43. The number of hydrogen-bond donors (Lipinski definition) is 0. The molecule has 4 heteroatoms. The summed E-state index contributed by atoms with van der Waals surface area (Å²) in [6.07, 6.45) is 0.758.